The first-order valence-corrected chi connectivity index (χ1v) is 11.8. The van der Waals surface area contributed by atoms with Gasteiger partial charge in [-0.15, -0.1) is 0 Å². The van der Waals surface area contributed by atoms with Crippen molar-refractivity contribution in [3.63, 3.8) is 0 Å². The third-order valence-electron chi connectivity index (χ3n) is 7.11. The number of carbonyl (C=O) groups is 1. The largest absolute Gasteiger partial charge is 0.360 e. The van der Waals surface area contributed by atoms with E-state index in [2.05, 4.69) is 15.4 Å². The van der Waals surface area contributed by atoms with Crippen LogP contribution >= 0.6 is 0 Å². The number of piperidine rings is 2. The van der Waals surface area contributed by atoms with Crippen LogP contribution in [0.4, 0.5) is 0 Å². The van der Waals surface area contributed by atoms with Gasteiger partial charge in [-0.05, 0) is 50.7 Å². The lowest BCUT2D eigenvalue weighted by atomic mass is 9.67. The molecule has 1 aliphatic carbocycles. The zero-order valence-corrected chi connectivity index (χ0v) is 16.8. The molecular weight excluding hydrogens is 390 g/mol. The Balaban J connectivity index is 1.13. The first-order valence-electron chi connectivity index (χ1n) is 10.3. The highest BCUT2D eigenvalue weighted by molar-refractivity contribution is 7.93. The van der Waals surface area contributed by atoms with Crippen LogP contribution in [-0.4, -0.2) is 47.4 Å². The molecular formula is C21H23N3O4S. The van der Waals surface area contributed by atoms with Gasteiger partial charge in [0, 0.05) is 30.1 Å². The molecule has 1 N–H and O–H groups in total. The zero-order valence-electron chi connectivity index (χ0n) is 16.0. The molecule has 29 heavy (non-hydrogen) atoms. The van der Waals surface area contributed by atoms with Gasteiger partial charge in [-0.1, -0.05) is 23.4 Å². The van der Waals surface area contributed by atoms with Crippen LogP contribution in [0.5, 0.6) is 0 Å². The van der Waals surface area contributed by atoms with Gasteiger partial charge >= 0.3 is 0 Å². The van der Waals surface area contributed by atoms with Crippen molar-refractivity contribution in [2.24, 2.45) is 0 Å². The molecule has 4 fully saturated rings. The van der Waals surface area contributed by atoms with Crippen LogP contribution in [0.15, 0.2) is 45.8 Å². The number of nitrogens with zero attached hydrogens (tertiary/aromatic N) is 2. The molecule has 0 spiro atoms. The number of amides is 1. The Morgan fingerprint density at radius 1 is 1.14 bits per heavy atom. The molecule has 1 saturated carbocycles. The monoisotopic (exact) mass is 413 g/mol. The van der Waals surface area contributed by atoms with E-state index in [-0.39, 0.29) is 24.0 Å². The maximum atomic E-state index is 13.2. The van der Waals surface area contributed by atoms with Gasteiger partial charge in [-0.25, -0.2) is 8.42 Å². The first kappa shape index (κ1) is 17.7. The molecule has 6 rings (SSSR count). The Labute approximate surface area is 169 Å². The van der Waals surface area contributed by atoms with Gasteiger partial charge in [0.1, 0.15) is 10.6 Å². The van der Waals surface area contributed by atoms with Crippen molar-refractivity contribution in [2.75, 3.05) is 0 Å². The van der Waals surface area contributed by atoms with Crippen molar-refractivity contribution < 1.29 is 17.7 Å². The summed E-state index contributed by atoms with van der Waals surface area (Å²) in [5.41, 5.74) is 0.345. The maximum Gasteiger partial charge on any atom is 0.273 e. The first-order chi connectivity index (χ1) is 14.0. The van der Waals surface area contributed by atoms with Gasteiger partial charge in [-0.3, -0.25) is 9.69 Å². The molecule has 4 heterocycles. The van der Waals surface area contributed by atoms with E-state index in [4.69, 9.17) is 4.52 Å². The fraction of sp³-hybridized carbons (Fsp3) is 0.524. The number of rotatable bonds is 5. The van der Waals surface area contributed by atoms with Crippen molar-refractivity contribution in [3.8, 4) is 0 Å². The minimum atomic E-state index is -3.37. The van der Waals surface area contributed by atoms with Gasteiger partial charge in [0.2, 0.25) is 0 Å². The van der Waals surface area contributed by atoms with Gasteiger partial charge < -0.3 is 9.84 Å². The normalized spacial score (nSPS) is 33.3. The summed E-state index contributed by atoms with van der Waals surface area (Å²) >= 11 is 0. The summed E-state index contributed by atoms with van der Waals surface area (Å²) in [7, 11) is -3.37. The molecule has 8 heteroatoms. The van der Waals surface area contributed by atoms with Crippen LogP contribution < -0.4 is 5.32 Å². The minimum absolute atomic E-state index is 0.0487. The molecule has 1 aromatic heterocycles. The SMILES string of the molecule is O=C(NC1CC2CC3(S(=O)(=O)c4ccccc4)CC(C1)N23)c1cc(C2CC2)on1. The van der Waals surface area contributed by atoms with Crippen LogP contribution in [0.1, 0.15) is 60.7 Å². The van der Waals surface area contributed by atoms with Gasteiger partial charge in [-0.2, -0.15) is 0 Å². The average Bonchev–Trinajstić information content (AvgIpc) is 3.41. The topological polar surface area (TPSA) is 92.5 Å². The van der Waals surface area contributed by atoms with E-state index < -0.39 is 14.7 Å². The number of aromatic nitrogens is 1. The predicted octanol–water partition coefficient (Wildman–Crippen LogP) is 2.46. The number of hydrogen-bond donors (Lipinski definition) is 1. The molecule has 152 valence electrons. The summed E-state index contributed by atoms with van der Waals surface area (Å²) in [5.74, 6) is 1.04. The van der Waals surface area contributed by atoms with Crippen LogP contribution in [-0.2, 0) is 9.84 Å². The lowest BCUT2D eigenvalue weighted by Gasteiger charge is -2.72. The van der Waals surface area contributed by atoms with E-state index in [1.807, 2.05) is 6.07 Å². The minimum Gasteiger partial charge on any atom is -0.360 e. The van der Waals surface area contributed by atoms with Crippen molar-refractivity contribution in [2.45, 2.75) is 72.3 Å². The summed E-state index contributed by atoms with van der Waals surface area (Å²) in [6.07, 6.45) is 5.05. The predicted molar refractivity (Wildman–Crippen MR) is 104 cm³/mol. The molecule has 1 aromatic carbocycles. The third kappa shape index (κ3) is 2.48. The Hall–Kier alpha value is -2.19. The van der Waals surface area contributed by atoms with Gasteiger partial charge in [0.25, 0.3) is 5.91 Å². The van der Waals surface area contributed by atoms with Crippen molar-refractivity contribution in [1.29, 1.82) is 0 Å². The Morgan fingerprint density at radius 2 is 1.83 bits per heavy atom. The van der Waals surface area contributed by atoms with Crippen LogP contribution in [0.2, 0.25) is 0 Å². The second-order valence-corrected chi connectivity index (χ2v) is 11.2. The fourth-order valence-electron chi connectivity index (χ4n) is 5.62. The van der Waals surface area contributed by atoms with Crippen molar-refractivity contribution in [1.82, 2.24) is 15.4 Å². The highest BCUT2D eigenvalue weighted by Gasteiger charge is 2.71. The Bertz CT molecular complexity index is 1060. The summed E-state index contributed by atoms with van der Waals surface area (Å²) < 4.78 is 31.7. The van der Waals surface area contributed by atoms with E-state index in [1.54, 1.807) is 30.3 Å². The summed E-state index contributed by atoms with van der Waals surface area (Å²) in [6.45, 7) is 0. The molecule has 1 amide bonds. The fourth-order valence-corrected chi connectivity index (χ4v) is 7.98. The molecule has 0 radical (unpaired) electrons. The molecule has 3 saturated heterocycles. The molecule has 7 nitrogen and oxygen atoms in total. The second-order valence-electron chi connectivity index (χ2n) is 8.92. The highest BCUT2D eigenvalue weighted by atomic mass is 32.2. The number of carbonyl (C=O) groups excluding carboxylic acids is 1. The molecule has 0 bridgehead atoms. The van der Waals surface area contributed by atoms with E-state index in [0.29, 0.717) is 29.3 Å². The van der Waals surface area contributed by atoms with E-state index in [0.717, 1.165) is 31.4 Å². The summed E-state index contributed by atoms with van der Waals surface area (Å²) in [5, 5.41) is 7.01. The third-order valence-corrected chi connectivity index (χ3v) is 9.55. The van der Waals surface area contributed by atoms with Crippen molar-refractivity contribution >= 4 is 15.7 Å². The highest BCUT2D eigenvalue weighted by Crippen LogP contribution is 2.60. The number of hydrogen-bond acceptors (Lipinski definition) is 6. The van der Waals surface area contributed by atoms with E-state index in [9.17, 15) is 13.2 Å². The second kappa shape index (κ2) is 5.92. The molecule has 4 aliphatic rings. The summed E-state index contributed by atoms with van der Waals surface area (Å²) in [6, 6.07) is 11.0. The summed E-state index contributed by atoms with van der Waals surface area (Å²) in [4.78, 5) is 14.4. The molecule has 3 aliphatic heterocycles. The Kier molecular flexibility index (Phi) is 3.60. The number of benzene rings is 1. The average molecular weight is 413 g/mol. The smallest absolute Gasteiger partial charge is 0.273 e. The number of nitrogens with one attached hydrogen (secondary N) is 1. The zero-order chi connectivity index (χ0) is 19.8. The molecule has 2 atom stereocenters. The quantitative estimate of drug-likeness (QED) is 0.810. The molecule has 2 unspecified atom stereocenters. The Morgan fingerprint density at radius 3 is 2.48 bits per heavy atom. The number of sulfone groups is 1. The van der Waals surface area contributed by atoms with Crippen LogP contribution in [0.25, 0.3) is 0 Å². The van der Waals surface area contributed by atoms with Crippen LogP contribution in [0.3, 0.4) is 0 Å². The standard InChI is InChI=1S/C21H23N3O4S/c25-20(18-10-19(28-23-18)13-6-7-13)22-14-8-15-11-21(12-16(9-14)24(15)21)29(26,27)17-4-2-1-3-5-17/h1-5,10,13-16H,6-9,11-12H2,(H,22,25). The lowest BCUT2D eigenvalue weighted by Crippen LogP contribution is -2.84. The van der Waals surface area contributed by atoms with Gasteiger partial charge in [0.05, 0.1) is 4.90 Å². The van der Waals surface area contributed by atoms with Crippen LogP contribution in [0, 0.1) is 0 Å². The lowest BCUT2D eigenvalue weighted by molar-refractivity contribution is -0.176. The molecule has 2 aromatic rings. The van der Waals surface area contributed by atoms with E-state index in [1.165, 1.54) is 0 Å². The van der Waals surface area contributed by atoms with Crippen molar-refractivity contribution in [3.05, 3.63) is 47.9 Å². The van der Waals surface area contributed by atoms with Gasteiger partial charge in [0.15, 0.2) is 15.5 Å². The maximum absolute atomic E-state index is 13.2. The van der Waals surface area contributed by atoms with E-state index >= 15 is 0 Å².